The van der Waals surface area contributed by atoms with Gasteiger partial charge in [0.05, 0.1) is 13.2 Å². The maximum atomic E-state index is 11.2. The molecule has 0 bridgehead atoms. The predicted molar refractivity (Wildman–Crippen MR) is 144 cm³/mol. The van der Waals surface area contributed by atoms with Crippen molar-refractivity contribution in [3.8, 4) is 11.5 Å². The summed E-state index contributed by atoms with van der Waals surface area (Å²) in [7, 11) is 3.85. The molecular weight excluding hydrogens is 446 g/mol. The van der Waals surface area contributed by atoms with Crippen LogP contribution < -0.4 is 4.74 Å². The minimum absolute atomic E-state index is 0.101. The van der Waals surface area contributed by atoms with Crippen LogP contribution in [0.25, 0.3) is 0 Å². The summed E-state index contributed by atoms with van der Waals surface area (Å²) >= 11 is 1.79. The lowest BCUT2D eigenvalue weighted by Crippen LogP contribution is -2.61. The number of rotatable bonds is 4. The highest BCUT2D eigenvalue weighted by Gasteiger charge is 2.57. The van der Waals surface area contributed by atoms with Crippen molar-refractivity contribution in [2.75, 3.05) is 33.8 Å². The second-order valence-corrected chi connectivity index (χ2v) is 10.7. The Morgan fingerprint density at radius 2 is 1.88 bits per heavy atom. The van der Waals surface area contributed by atoms with Gasteiger partial charge in [0.25, 0.3) is 0 Å². The van der Waals surface area contributed by atoms with E-state index in [2.05, 4.69) is 52.0 Å². The van der Waals surface area contributed by atoms with E-state index in [0.717, 1.165) is 36.9 Å². The van der Waals surface area contributed by atoms with Crippen LogP contribution in [0.15, 0.2) is 12.1 Å². The summed E-state index contributed by atoms with van der Waals surface area (Å²) < 4.78 is 17.5. The highest BCUT2D eigenvalue weighted by Crippen LogP contribution is 2.58. The third-order valence-electron chi connectivity index (χ3n) is 8.13. The summed E-state index contributed by atoms with van der Waals surface area (Å²) in [5, 5.41) is 11.2. The van der Waals surface area contributed by atoms with E-state index in [1.165, 1.54) is 12.8 Å². The summed E-state index contributed by atoms with van der Waals surface area (Å²) in [4.78, 5) is 2.47. The number of aromatic hydroxyl groups is 1. The van der Waals surface area contributed by atoms with Crippen LogP contribution in [0.2, 0.25) is 0 Å². The number of aryl methyl sites for hydroxylation is 1. The van der Waals surface area contributed by atoms with Crippen molar-refractivity contribution in [2.24, 2.45) is 11.8 Å². The zero-order valence-corrected chi connectivity index (χ0v) is 23.8. The van der Waals surface area contributed by atoms with Gasteiger partial charge in [-0.05, 0) is 70.5 Å². The van der Waals surface area contributed by atoms with Gasteiger partial charge in [0.2, 0.25) is 0 Å². The van der Waals surface area contributed by atoms with Gasteiger partial charge in [-0.2, -0.15) is 0 Å². The number of unbranched alkanes of at least 4 members (excludes halogenated alkanes) is 1. The first-order valence-corrected chi connectivity index (χ1v) is 14.5. The third-order valence-corrected chi connectivity index (χ3v) is 9.08. The van der Waals surface area contributed by atoms with E-state index in [1.54, 1.807) is 18.9 Å². The Morgan fingerprint density at radius 1 is 1.21 bits per heavy atom. The van der Waals surface area contributed by atoms with Gasteiger partial charge < -0.3 is 24.2 Å². The molecule has 2 saturated heterocycles. The Kier molecular flexibility index (Phi) is 11.5. The number of benzene rings is 1. The molecule has 5 nitrogen and oxygen atoms in total. The Morgan fingerprint density at radius 3 is 2.47 bits per heavy atom. The van der Waals surface area contributed by atoms with Crippen molar-refractivity contribution in [3.63, 3.8) is 0 Å². The second kappa shape index (κ2) is 13.4. The Bertz CT molecular complexity index is 758. The molecule has 1 aromatic carbocycles. The van der Waals surface area contributed by atoms with Gasteiger partial charge in [-0.1, -0.05) is 46.6 Å². The first-order chi connectivity index (χ1) is 16.3. The van der Waals surface area contributed by atoms with Crippen molar-refractivity contribution >= 4 is 11.8 Å². The summed E-state index contributed by atoms with van der Waals surface area (Å²) in [6.07, 6.45) is 7.95. The summed E-state index contributed by atoms with van der Waals surface area (Å²) in [5.41, 5.74) is 2.31. The fourth-order valence-corrected chi connectivity index (χ4v) is 6.90. The standard InChI is InChI=1S/C22H33NO4S.C4H10.C2H6/c1-13-6-7-17(25-4)20(24)19(13)22-8-9-23(3)14(2)16(22)10-15-18(11-22)26-12-27-21(15)28-5;1-3-4-2;1-2/h6-7,14-16,18,21,24H,8-12H2,1-5H3;3-4H2,1-2H3;1-2H3/t14?,15-,16?,18?,21?,22?;;/m0../s1. The predicted octanol–water partition coefficient (Wildman–Crippen LogP) is 6.59. The molecule has 1 aromatic rings. The molecule has 196 valence electrons. The van der Waals surface area contributed by atoms with Crippen LogP contribution in [-0.4, -0.2) is 61.3 Å². The minimum atomic E-state index is -0.101. The van der Waals surface area contributed by atoms with Crippen LogP contribution >= 0.6 is 11.8 Å². The van der Waals surface area contributed by atoms with Gasteiger partial charge in [0, 0.05) is 22.9 Å². The molecule has 2 aliphatic heterocycles. The third kappa shape index (κ3) is 5.71. The van der Waals surface area contributed by atoms with Crippen LogP contribution in [0.5, 0.6) is 11.5 Å². The monoisotopic (exact) mass is 495 g/mol. The zero-order chi connectivity index (χ0) is 25.5. The van der Waals surface area contributed by atoms with Crippen LogP contribution in [0.3, 0.4) is 0 Å². The number of nitrogens with zero attached hydrogens (tertiary/aromatic N) is 1. The van der Waals surface area contributed by atoms with E-state index in [4.69, 9.17) is 14.2 Å². The number of hydrogen-bond donors (Lipinski definition) is 1. The summed E-state index contributed by atoms with van der Waals surface area (Å²) in [6.45, 7) is 14.2. The first kappa shape index (κ1) is 29.3. The van der Waals surface area contributed by atoms with Crippen molar-refractivity contribution in [1.82, 2.24) is 4.90 Å². The molecule has 3 aliphatic rings. The van der Waals surface area contributed by atoms with Gasteiger partial charge in [-0.25, -0.2) is 0 Å². The van der Waals surface area contributed by atoms with Crippen LogP contribution in [0.1, 0.15) is 77.8 Å². The molecule has 6 heteroatoms. The molecule has 1 saturated carbocycles. The number of phenols is 1. The first-order valence-electron chi connectivity index (χ1n) is 13.2. The molecule has 3 fully saturated rings. The highest BCUT2D eigenvalue weighted by atomic mass is 32.2. The van der Waals surface area contributed by atoms with Crippen molar-refractivity contribution < 1.29 is 19.3 Å². The number of methoxy groups -OCH3 is 1. The SMILES string of the molecule is CC.CCCC.COc1ccc(C)c(C23CCN(C)C(C)C2C[C@H]2C(C3)OCOC2SC)c1O. The van der Waals surface area contributed by atoms with Gasteiger partial charge in [-0.15, -0.1) is 11.8 Å². The van der Waals surface area contributed by atoms with E-state index in [-0.39, 0.29) is 17.0 Å². The molecule has 0 spiro atoms. The fraction of sp³-hybridized carbons (Fsp3) is 0.786. The molecule has 4 rings (SSSR count). The van der Waals surface area contributed by atoms with E-state index in [1.807, 2.05) is 19.9 Å². The second-order valence-electron chi connectivity index (χ2n) is 9.74. The smallest absolute Gasteiger partial charge is 0.161 e. The van der Waals surface area contributed by atoms with Crippen LogP contribution in [-0.2, 0) is 14.9 Å². The fourth-order valence-electron chi connectivity index (χ4n) is 6.07. The molecule has 34 heavy (non-hydrogen) atoms. The Labute approximate surface area is 212 Å². The number of hydrogen-bond acceptors (Lipinski definition) is 6. The number of thioether (sulfide) groups is 1. The number of piperidine rings is 1. The number of ether oxygens (including phenoxy) is 3. The molecule has 1 N–H and O–H groups in total. The van der Waals surface area contributed by atoms with E-state index < -0.39 is 0 Å². The molecular formula is C28H49NO4S. The quantitative estimate of drug-likeness (QED) is 0.508. The molecule has 1 aliphatic carbocycles. The lowest BCUT2D eigenvalue weighted by molar-refractivity contribution is -0.213. The topological polar surface area (TPSA) is 51.2 Å². The Hall–Kier alpha value is -0.950. The Balaban J connectivity index is 0.000000618. The van der Waals surface area contributed by atoms with Crippen LogP contribution in [0, 0.1) is 18.8 Å². The maximum Gasteiger partial charge on any atom is 0.161 e. The lowest BCUT2D eigenvalue weighted by Gasteiger charge is -2.59. The summed E-state index contributed by atoms with van der Waals surface area (Å²) in [5.74, 6) is 1.71. The minimum Gasteiger partial charge on any atom is -0.504 e. The van der Waals surface area contributed by atoms with E-state index >= 15 is 0 Å². The maximum absolute atomic E-state index is 11.2. The molecule has 2 heterocycles. The largest absolute Gasteiger partial charge is 0.504 e. The van der Waals surface area contributed by atoms with Crippen molar-refractivity contribution in [3.05, 3.63) is 23.3 Å². The van der Waals surface area contributed by atoms with Gasteiger partial charge >= 0.3 is 0 Å². The average Bonchev–Trinajstić information content (AvgIpc) is 2.86. The number of fused-ring (bicyclic) bond motifs is 2. The molecule has 0 aromatic heterocycles. The lowest BCUT2D eigenvalue weighted by atomic mass is 9.53. The van der Waals surface area contributed by atoms with Gasteiger partial charge in [-0.3, -0.25) is 0 Å². The molecule has 6 atom stereocenters. The zero-order valence-electron chi connectivity index (χ0n) is 23.0. The van der Waals surface area contributed by atoms with E-state index in [0.29, 0.717) is 36.2 Å². The average molecular weight is 496 g/mol. The van der Waals surface area contributed by atoms with E-state index in [9.17, 15) is 5.11 Å². The normalized spacial score (nSPS) is 32.8. The van der Waals surface area contributed by atoms with Crippen molar-refractivity contribution in [2.45, 2.75) is 96.6 Å². The van der Waals surface area contributed by atoms with Gasteiger partial charge in [0.15, 0.2) is 11.5 Å². The van der Waals surface area contributed by atoms with Gasteiger partial charge in [0.1, 0.15) is 12.2 Å². The molecule has 5 unspecified atom stereocenters. The van der Waals surface area contributed by atoms with Crippen LogP contribution in [0.4, 0.5) is 0 Å². The molecule has 0 amide bonds. The highest BCUT2D eigenvalue weighted by molar-refractivity contribution is 7.99. The summed E-state index contributed by atoms with van der Waals surface area (Å²) in [6, 6.07) is 4.40. The number of phenolic OH excluding ortho intramolecular Hbond substituents is 1. The number of likely N-dealkylation sites (tertiary alicyclic amines) is 1. The van der Waals surface area contributed by atoms with Crippen molar-refractivity contribution in [1.29, 1.82) is 0 Å². The molecule has 0 radical (unpaired) electrons.